The molecule has 13 heteroatoms. The van der Waals surface area contributed by atoms with E-state index in [1.54, 1.807) is 0 Å². The molecule has 25 heavy (non-hydrogen) atoms. The van der Waals surface area contributed by atoms with Crippen molar-refractivity contribution in [2.45, 2.75) is 31.3 Å². The fraction of sp³-hybridized carbons (Fsp3) is 0.833. The predicted molar refractivity (Wildman–Crippen MR) is 76.6 cm³/mol. The summed E-state index contributed by atoms with van der Waals surface area (Å²) in [6.45, 7) is 2.26. The third-order valence-electron chi connectivity index (χ3n) is 4.45. The van der Waals surface area contributed by atoms with Crippen molar-refractivity contribution in [1.29, 1.82) is 0 Å². The summed E-state index contributed by atoms with van der Waals surface area (Å²) in [5, 5.41) is 3.73. The first kappa shape index (κ1) is 20.8. The zero-order chi connectivity index (χ0) is 17.3. The van der Waals surface area contributed by atoms with Crippen LogP contribution in [0, 0.1) is 5.92 Å². The molecule has 2 N–H and O–H groups in total. The standard InChI is InChI=1S/C12H20N4O7S.Na/c17-11(14-22-7-8-3-4-13-5-8)10-2-1-9-6-15(10)12(18)16(9)23-24(19,20)21;/h8-10,13H,1-7H2,(H,14,17)(H,19,20,21);/q;+1/p-1/t8-,9+,10-;/m0./s1. The number of fused-ring (bicyclic) bond motifs is 2. The molecule has 0 radical (unpaired) electrons. The molecular formula is C12H19N4NaO7S. The molecule has 136 valence electrons. The number of rotatable bonds is 6. The number of hydroxylamine groups is 3. The summed E-state index contributed by atoms with van der Waals surface area (Å²) in [5.41, 5.74) is 2.35. The maximum Gasteiger partial charge on any atom is 1.00 e. The van der Waals surface area contributed by atoms with E-state index in [2.05, 4.69) is 15.1 Å². The van der Waals surface area contributed by atoms with Crippen LogP contribution >= 0.6 is 0 Å². The number of carbonyl (C=O) groups excluding carboxylic acids is 2. The van der Waals surface area contributed by atoms with Gasteiger partial charge in [0.1, 0.15) is 6.04 Å². The van der Waals surface area contributed by atoms with Gasteiger partial charge < -0.3 is 14.8 Å². The molecule has 0 unspecified atom stereocenters. The Morgan fingerprint density at radius 3 is 2.76 bits per heavy atom. The zero-order valence-electron chi connectivity index (χ0n) is 13.8. The van der Waals surface area contributed by atoms with Gasteiger partial charge in [-0.2, -0.15) is 9.35 Å². The van der Waals surface area contributed by atoms with E-state index < -0.39 is 34.4 Å². The zero-order valence-corrected chi connectivity index (χ0v) is 16.7. The number of hydrogen-bond acceptors (Lipinski definition) is 8. The Bertz CT molecular complexity index is 613. The number of amides is 3. The minimum Gasteiger partial charge on any atom is -0.724 e. The maximum atomic E-state index is 12.2. The molecule has 0 aromatic heterocycles. The molecule has 0 spiro atoms. The number of nitrogens with zero attached hydrogens (tertiary/aromatic N) is 2. The normalized spacial score (nSPS) is 28.8. The van der Waals surface area contributed by atoms with Gasteiger partial charge in [0.25, 0.3) is 5.91 Å². The number of piperidine rings is 1. The minimum absolute atomic E-state index is 0. The third kappa shape index (κ3) is 5.04. The molecule has 0 aromatic carbocycles. The van der Waals surface area contributed by atoms with Crippen LogP contribution in [-0.2, 0) is 24.3 Å². The van der Waals surface area contributed by atoms with Crippen LogP contribution in [0.25, 0.3) is 0 Å². The summed E-state index contributed by atoms with van der Waals surface area (Å²) in [7, 11) is -5.04. The van der Waals surface area contributed by atoms with Crippen molar-refractivity contribution in [3.8, 4) is 0 Å². The van der Waals surface area contributed by atoms with Gasteiger partial charge in [-0.1, -0.05) is 0 Å². The van der Waals surface area contributed by atoms with E-state index in [1.807, 2.05) is 0 Å². The van der Waals surface area contributed by atoms with Crippen LogP contribution in [0.15, 0.2) is 0 Å². The summed E-state index contributed by atoms with van der Waals surface area (Å²) >= 11 is 0. The summed E-state index contributed by atoms with van der Waals surface area (Å²) in [6, 6.07) is -2.15. The Kier molecular flexibility index (Phi) is 7.07. The Balaban J connectivity index is 0.00000225. The third-order valence-corrected chi connectivity index (χ3v) is 4.79. The molecule has 0 aromatic rings. The van der Waals surface area contributed by atoms with E-state index in [4.69, 9.17) is 4.84 Å². The Hall–Kier alpha value is -0.470. The van der Waals surface area contributed by atoms with Crippen LogP contribution < -0.4 is 40.4 Å². The van der Waals surface area contributed by atoms with Crippen LogP contribution in [0.1, 0.15) is 19.3 Å². The molecular weight excluding hydrogens is 367 g/mol. The van der Waals surface area contributed by atoms with E-state index in [9.17, 15) is 22.6 Å². The van der Waals surface area contributed by atoms with Crippen molar-refractivity contribution < 1.29 is 61.2 Å². The molecule has 11 nitrogen and oxygen atoms in total. The number of urea groups is 1. The molecule has 3 atom stereocenters. The Labute approximate surface area is 167 Å². The van der Waals surface area contributed by atoms with Gasteiger partial charge in [-0.05, 0) is 31.7 Å². The summed E-state index contributed by atoms with van der Waals surface area (Å²) in [4.78, 5) is 30.8. The van der Waals surface area contributed by atoms with Gasteiger partial charge in [-0.3, -0.25) is 9.63 Å². The van der Waals surface area contributed by atoms with Gasteiger partial charge in [0.05, 0.1) is 12.6 Å². The SMILES string of the molecule is O=C(NOC[C@H]1CCNC1)[C@@H]1CC[C@@H]2CN1C(=O)N2OS(=O)(=O)[O-].[Na+]. The average molecular weight is 386 g/mol. The molecule has 3 heterocycles. The second-order valence-corrected chi connectivity index (χ2v) is 7.09. The van der Waals surface area contributed by atoms with E-state index >= 15 is 0 Å². The second kappa shape index (κ2) is 8.48. The van der Waals surface area contributed by atoms with Crippen LogP contribution in [0.4, 0.5) is 4.79 Å². The first-order valence-corrected chi connectivity index (χ1v) is 9.06. The molecule has 3 aliphatic rings. The van der Waals surface area contributed by atoms with E-state index in [-0.39, 0.29) is 36.1 Å². The van der Waals surface area contributed by atoms with E-state index in [0.717, 1.165) is 19.5 Å². The smallest absolute Gasteiger partial charge is 0.724 e. The first-order chi connectivity index (χ1) is 11.3. The quantitative estimate of drug-likeness (QED) is 0.201. The monoisotopic (exact) mass is 386 g/mol. The maximum absolute atomic E-state index is 12.2. The summed E-state index contributed by atoms with van der Waals surface area (Å²) in [6.07, 6.45) is 1.65. The van der Waals surface area contributed by atoms with E-state index in [0.29, 0.717) is 30.4 Å². The Morgan fingerprint density at radius 1 is 1.36 bits per heavy atom. The fourth-order valence-corrected chi connectivity index (χ4v) is 3.64. The molecule has 3 amide bonds. The van der Waals surface area contributed by atoms with Crippen LogP contribution in [0.2, 0.25) is 0 Å². The van der Waals surface area contributed by atoms with Gasteiger partial charge >= 0.3 is 35.6 Å². The number of carbonyl (C=O) groups is 2. The molecule has 3 fully saturated rings. The van der Waals surface area contributed by atoms with Crippen molar-refractivity contribution in [2.75, 3.05) is 26.2 Å². The summed E-state index contributed by atoms with van der Waals surface area (Å²) in [5.74, 6) is -0.139. The van der Waals surface area contributed by atoms with Gasteiger partial charge in [-0.25, -0.2) is 18.7 Å². The van der Waals surface area contributed by atoms with Crippen molar-refractivity contribution in [2.24, 2.45) is 5.92 Å². The fourth-order valence-electron chi connectivity index (χ4n) is 3.26. The van der Waals surface area contributed by atoms with E-state index in [1.165, 1.54) is 4.90 Å². The predicted octanol–water partition coefficient (Wildman–Crippen LogP) is -4.69. The minimum atomic E-state index is -5.04. The van der Waals surface area contributed by atoms with Gasteiger partial charge in [-0.15, -0.1) is 0 Å². The first-order valence-electron chi connectivity index (χ1n) is 7.73. The molecule has 0 saturated carbocycles. The molecule has 2 bridgehead atoms. The van der Waals surface area contributed by atoms with Gasteiger partial charge in [0.2, 0.25) is 10.4 Å². The summed E-state index contributed by atoms with van der Waals surface area (Å²) < 4.78 is 36.3. The van der Waals surface area contributed by atoms with Crippen molar-refractivity contribution in [3.63, 3.8) is 0 Å². The number of hydrogen-bond donors (Lipinski definition) is 2. The Morgan fingerprint density at radius 2 is 2.12 bits per heavy atom. The van der Waals surface area contributed by atoms with Crippen molar-refractivity contribution in [1.82, 2.24) is 20.8 Å². The van der Waals surface area contributed by atoms with Crippen LogP contribution in [0.5, 0.6) is 0 Å². The average Bonchev–Trinajstić information content (AvgIpc) is 3.10. The number of nitrogens with one attached hydrogen (secondary N) is 2. The van der Waals surface area contributed by atoms with Gasteiger partial charge in [0, 0.05) is 13.1 Å². The molecule has 3 rings (SSSR count). The van der Waals surface area contributed by atoms with Crippen LogP contribution in [0.3, 0.4) is 0 Å². The second-order valence-electron chi connectivity index (χ2n) is 6.13. The van der Waals surface area contributed by atoms with Crippen molar-refractivity contribution >= 4 is 22.3 Å². The van der Waals surface area contributed by atoms with Crippen LogP contribution in [-0.4, -0.2) is 73.2 Å². The molecule has 0 aliphatic carbocycles. The topological polar surface area (TPSA) is 140 Å². The van der Waals surface area contributed by atoms with Crippen molar-refractivity contribution in [3.05, 3.63) is 0 Å². The molecule has 3 aliphatic heterocycles. The van der Waals surface area contributed by atoms with Gasteiger partial charge in [0.15, 0.2) is 0 Å². The molecule has 3 saturated heterocycles. The largest absolute Gasteiger partial charge is 1.00 e.